The van der Waals surface area contributed by atoms with Gasteiger partial charge in [-0.25, -0.2) is 26.3 Å². The highest BCUT2D eigenvalue weighted by Gasteiger charge is 2.64. The number of fused-ring (bicyclic) bond motifs is 3. The van der Waals surface area contributed by atoms with Gasteiger partial charge in [0.05, 0.1) is 28.4 Å². The number of hydrogen-bond donors (Lipinski definition) is 7. The third-order valence-electron chi connectivity index (χ3n) is 19.9. The molecule has 4 aromatic heterocycles. The van der Waals surface area contributed by atoms with E-state index >= 15 is 0 Å². The molecular weight excluding hydrogens is 1410 g/mol. The number of carbonyl (C=O) groups is 11. The Bertz CT molecular complexity index is 4730. The number of aromatic amines is 1. The van der Waals surface area contributed by atoms with Gasteiger partial charge >= 0.3 is 0 Å². The summed E-state index contributed by atoms with van der Waals surface area (Å²) >= 11 is 6.16. The van der Waals surface area contributed by atoms with Gasteiger partial charge in [0.2, 0.25) is 11.8 Å². The lowest BCUT2D eigenvalue weighted by Gasteiger charge is -2.47. The molecule has 3 aliphatic heterocycles. The SMILES string of the molecule is C#Cc1cc(F)cc(NC(=O)c2c(C)c(C(=O)C(=O)NC3(c4cn[nH]n4)CC3)c3n2CCC3)c1.Cc1ccc(NC(=O)c2c(C)c(C(=O)C(=O)NC3(C(=O)N(C)C)CC(F)(F)C3)c3n2CCC3)cc1Cl.Cc1ccc(NC(=O)c2c(C)c(C(=O)C(=O)NC3(C(=O)N(C)C)CC(F)(F)C3)c3n2CCC3)cc1F. The Kier molecular flexibility index (Phi) is 20.6. The highest BCUT2D eigenvalue weighted by Crippen LogP contribution is 2.49. The maximum atomic E-state index is 13.9. The van der Waals surface area contributed by atoms with Crippen molar-refractivity contribution < 1.29 is 79.1 Å². The van der Waals surface area contributed by atoms with Crippen molar-refractivity contribution in [3.63, 3.8) is 0 Å². The van der Waals surface area contributed by atoms with Gasteiger partial charge in [-0.1, -0.05) is 29.7 Å². The predicted molar refractivity (Wildman–Crippen MR) is 374 cm³/mol. The number of carbonyl (C=O) groups excluding carboxylic acids is 11. The highest BCUT2D eigenvalue weighted by molar-refractivity contribution is 6.45. The zero-order valence-corrected chi connectivity index (χ0v) is 60.0. The maximum absolute atomic E-state index is 13.9. The maximum Gasteiger partial charge on any atom is 0.293 e. The lowest BCUT2D eigenvalue weighted by Crippen LogP contribution is -2.69. The number of nitrogens with zero attached hydrogens (tertiary/aromatic N) is 7. The molecule has 6 aliphatic rings. The van der Waals surface area contributed by atoms with Crippen LogP contribution >= 0.6 is 11.6 Å². The fraction of sp³-hybridized carbons (Fsp3) is 0.392. The molecule has 13 rings (SSSR count). The first kappa shape index (κ1) is 76.0. The van der Waals surface area contributed by atoms with E-state index in [-0.39, 0.29) is 50.7 Å². The average molecular weight is 1490 g/mol. The molecule has 106 heavy (non-hydrogen) atoms. The van der Waals surface area contributed by atoms with E-state index in [1.165, 1.54) is 71.6 Å². The van der Waals surface area contributed by atoms with Crippen LogP contribution in [0.2, 0.25) is 5.02 Å². The van der Waals surface area contributed by atoms with Gasteiger partial charge in [0.1, 0.15) is 45.5 Å². The standard InChI is InChI=1S/C25H27ClF2N4O4.C25H27F3N4O4.C24H21FN6O3/c2*1-13-7-8-15(10-16(13)26)29-21(34)19-14(2)18(17-6-5-9-32(17)19)20(33)22(35)30-24(23(36)31(3)4)11-25(27,28)12-24;1-3-14-9-15(25)11-16(10-14)27-22(33)20-13(2)19(17-5-4-8-31(17)20)21(32)23(34)28-24(6-7-24)18-12-26-30-29-18/h2*7-8,10H,5-6,9,11-12H2,1-4H3,(H,29,34)(H,30,35);1,9-12H,4-8H2,2H3,(H,27,33)(H,28,34)(H,26,29,30). The minimum Gasteiger partial charge on any atom is -0.347 e. The van der Waals surface area contributed by atoms with Crippen LogP contribution < -0.4 is 31.9 Å². The summed E-state index contributed by atoms with van der Waals surface area (Å²) in [6.07, 6.45) is 8.15. The van der Waals surface area contributed by atoms with Gasteiger partial charge in [-0.3, -0.25) is 52.7 Å². The largest absolute Gasteiger partial charge is 0.347 e. The van der Waals surface area contributed by atoms with Gasteiger partial charge in [0.15, 0.2) is 0 Å². The van der Waals surface area contributed by atoms with Crippen LogP contribution in [0.25, 0.3) is 0 Å². The van der Waals surface area contributed by atoms with Crippen LogP contribution in [0.5, 0.6) is 0 Å². The molecule has 7 aromatic rings. The molecule has 3 aromatic carbocycles. The van der Waals surface area contributed by atoms with E-state index in [0.29, 0.717) is 120 Å². The molecule has 0 saturated heterocycles. The van der Waals surface area contributed by atoms with Gasteiger partial charge in [0, 0.05) is 118 Å². The Balaban J connectivity index is 0.000000159. The fourth-order valence-corrected chi connectivity index (χ4v) is 15.0. The third-order valence-corrected chi connectivity index (χ3v) is 20.4. The summed E-state index contributed by atoms with van der Waals surface area (Å²) in [4.78, 5) is 146. The summed E-state index contributed by atoms with van der Waals surface area (Å²) in [6.45, 7) is 9.62. The number of amides is 8. The van der Waals surface area contributed by atoms with Crippen molar-refractivity contribution in [3.05, 3.63) is 167 Å². The Labute approximate surface area is 608 Å². The number of benzene rings is 3. The topological polar surface area (TPSA) is 323 Å². The molecule has 3 saturated carbocycles. The molecular formula is C74H75ClF6N14O11. The van der Waals surface area contributed by atoms with E-state index in [2.05, 4.69) is 53.2 Å². The molecule has 0 unspecified atom stereocenters. The summed E-state index contributed by atoms with van der Waals surface area (Å²) in [5.41, 5.74) is 2.28. The van der Waals surface area contributed by atoms with Crippen LogP contribution in [0.15, 0.2) is 60.8 Å². The molecule has 0 spiro atoms. The van der Waals surface area contributed by atoms with Crippen LogP contribution in [-0.2, 0) is 68.4 Å². The number of halogens is 7. The zero-order chi connectivity index (χ0) is 77.2. The highest BCUT2D eigenvalue weighted by atomic mass is 35.5. The minimum absolute atomic E-state index is 0.0174. The van der Waals surface area contributed by atoms with Crippen molar-refractivity contribution in [1.29, 1.82) is 0 Å². The minimum atomic E-state index is -3.13. The van der Waals surface area contributed by atoms with Gasteiger partial charge in [-0.15, -0.1) is 6.42 Å². The van der Waals surface area contributed by atoms with Crippen LogP contribution in [0, 0.1) is 58.6 Å². The molecule has 0 atom stereocenters. The summed E-state index contributed by atoms with van der Waals surface area (Å²) in [6, 6.07) is 13.2. The van der Waals surface area contributed by atoms with E-state index in [1.807, 2.05) is 6.92 Å². The van der Waals surface area contributed by atoms with E-state index in [4.69, 9.17) is 18.0 Å². The van der Waals surface area contributed by atoms with Gasteiger partial charge in [-0.2, -0.15) is 15.4 Å². The number of nitrogens with one attached hydrogen (secondary N) is 7. The lowest BCUT2D eigenvalue weighted by molar-refractivity contribution is -0.171. The number of aromatic nitrogens is 6. The van der Waals surface area contributed by atoms with Crippen LogP contribution in [0.1, 0.15) is 176 Å². The molecule has 3 fully saturated rings. The number of hydrogen-bond acceptors (Lipinski definition) is 13. The second kappa shape index (κ2) is 28.7. The van der Waals surface area contributed by atoms with Crippen molar-refractivity contribution >= 4 is 93.3 Å². The first-order valence-electron chi connectivity index (χ1n) is 33.9. The number of H-pyrrole nitrogens is 1. The first-order valence-corrected chi connectivity index (χ1v) is 34.3. The molecule has 0 radical (unpaired) electrons. The molecule has 0 bridgehead atoms. The van der Waals surface area contributed by atoms with E-state index in [9.17, 15) is 79.1 Å². The van der Waals surface area contributed by atoms with E-state index in [0.717, 1.165) is 21.8 Å². The zero-order valence-electron chi connectivity index (χ0n) is 59.2. The second-order valence-corrected chi connectivity index (χ2v) is 28.5. The molecule has 7 N–H and O–H groups in total. The normalized spacial score (nSPS) is 16.5. The van der Waals surface area contributed by atoms with Gasteiger partial charge < -0.3 is 55.4 Å². The van der Waals surface area contributed by atoms with E-state index in [1.54, 1.807) is 58.7 Å². The lowest BCUT2D eigenvalue weighted by atomic mass is 9.72. The number of ketones is 3. The number of likely N-dealkylation sites (N-methyl/N-ethyl adjacent to an activating group) is 2. The smallest absolute Gasteiger partial charge is 0.293 e. The molecule has 556 valence electrons. The summed E-state index contributed by atoms with van der Waals surface area (Å²) in [5.74, 6) is -13.7. The van der Waals surface area contributed by atoms with Crippen molar-refractivity contribution in [1.82, 2.24) is 54.9 Å². The second-order valence-electron chi connectivity index (χ2n) is 28.1. The monoisotopic (exact) mass is 1480 g/mol. The number of terminal acetylenes is 1. The Morgan fingerprint density at radius 2 is 0.934 bits per heavy atom. The Hall–Kier alpha value is -11.2. The van der Waals surface area contributed by atoms with Crippen molar-refractivity contribution in [2.75, 3.05) is 44.1 Å². The number of rotatable bonds is 18. The fourth-order valence-electron chi connectivity index (χ4n) is 14.9. The van der Waals surface area contributed by atoms with Gasteiger partial charge in [0.25, 0.3) is 64.6 Å². The summed E-state index contributed by atoms with van der Waals surface area (Å²) < 4.78 is 87.8. The van der Waals surface area contributed by atoms with Crippen LogP contribution in [0.3, 0.4) is 0 Å². The number of Topliss-reactive ketones (excluding diaryl/α,β-unsaturated/α-hetero) is 3. The molecule has 3 aliphatic carbocycles. The summed E-state index contributed by atoms with van der Waals surface area (Å²) in [5, 5.41) is 26.3. The summed E-state index contributed by atoms with van der Waals surface area (Å²) in [7, 11) is 5.55. The van der Waals surface area contributed by atoms with Crippen molar-refractivity contribution in [2.45, 2.75) is 160 Å². The third kappa shape index (κ3) is 14.6. The van der Waals surface area contributed by atoms with Gasteiger partial charge in [-0.05, 0) is 156 Å². The number of aryl methyl sites for hydroxylation is 2. The first-order chi connectivity index (χ1) is 49.8. The van der Waals surface area contributed by atoms with Crippen LogP contribution in [-0.4, -0.2) is 155 Å². The quantitative estimate of drug-likeness (QED) is 0.0183. The molecule has 32 heteroatoms. The van der Waals surface area contributed by atoms with Crippen molar-refractivity contribution in [3.8, 4) is 12.3 Å². The van der Waals surface area contributed by atoms with Crippen molar-refractivity contribution in [2.24, 2.45) is 0 Å². The van der Waals surface area contributed by atoms with Crippen LogP contribution in [0.4, 0.5) is 43.4 Å². The van der Waals surface area contributed by atoms with E-state index < -0.39 is 130 Å². The Morgan fingerprint density at radius 3 is 1.29 bits per heavy atom. The average Bonchev–Trinajstić information content (AvgIpc) is 1.17. The number of anilines is 3. The molecule has 25 nitrogen and oxygen atoms in total. The number of alkyl halides is 4. The molecule has 7 heterocycles. The molecule has 8 amide bonds. The predicted octanol–water partition coefficient (Wildman–Crippen LogP) is 8.73. The Morgan fingerprint density at radius 1 is 0.538 bits per heavy atom.